The van der Waals surface area contributed by atoms with Crippen molar-refractivity contribution in [2.24, 2.45) is 11.7 Å². The lowest BCUT2D eigenvalue weighted by Crippen LogP contribution is -2.36. The fraction of sp³-hybridized carbons (Fsp3) is 0.714. The largest absolute Gasteiger partial charge is 0.330 e. The van der Waals surface area contributed by atoms with Gasteiger partial charge >= 0.3 is 0 Å². The van der Waals surface area contributed by atoms with Crippen molar-refractivity contribution in [1.82, 2.24) is 14.9 Å². The van der Waals surface area contributed by atoms with Gasteiger partial charge in [0.25, 0.3) is 5.56 Å². The van der Waals surface area contributed by atoms with Crippen LogP contribution in [-0.4, -0.2) is 34.5 Å². The van der Waals surface area contributed by atoms with Crippen LogP contribution < -0.4 is 11.3 Å². The zero-order valence-electron chi connectivity index (χ0n) is 11.9. The van der Waals surface area contributed by atoms with E-state index >= 15 is 0 Å². The summed E-state index contributed by atoms with van der Waals surface area (Å²) in [4.78, 5) is 21.3. The van der Waals surface area contributed by atoms with Crippen LogP contribution >= 0.6 is 0 Å². The predicted molar refractivity (Wildman–Crippen MR) is 76.0 cm³/mol. The molecule has 5 nitrogen and oxygen atoms in total. The van der Waals surface area contributed by atoms with Gasteiger partial charge in [0.15, 0.2) is 0 Å². The first-order chi connectivity index (χ1) is 9.08. The van der Waals surface area contributed by atoms with E-state index in [1.165, 1.54) is 0 Å². The minimum absolute atomic E-state index is 0.0504. The van der Waals surface area contributed by atoms with Gasteiger partial charge in [-0.25, -0.2) is 4.98 Å². The Morgan fingerprint density at radius 1 is 1.47 bits per heavy atom. The predicted octanol–water partition coefficient (Wildman–Crippen LogP) is 1.06. The monoisotopic (exact) mass is 264 g/mol. The van der Waals surface area contributed by atoms with Crippen molar-refractivity contribution >= 4 is 0 Å². The molecule has 1 saturated heterocycles. The molecule has 3 N–H and O–H groups in total. The van der Waals surface area contributed by atoms with Crippen molar-refractivity contribution in [3.8, 4) is 0 Å². The highest BCUT2D eigenvalue weighted by Crippen LogP contribution is 2.17. The fourth-order valence-corrected chi connectivity index (χ4v) is 2.49. The molecule has 0 atom stereocenters. The topological polar surface area (TPSA) is 75.0 Å². The van der Waals surface area contributed by atoms with E-state index in [0.717, 1.165) is 50.5 Å². The van der Waals surface area contributed by atoms with Crippen LogP contribution in [0.15, 0.2) is 10.9 Å². The standard InChI is InChI=1S/C14H24N4O/c1-10(2)14-16-12(7-13(19)17-14)9-18-5-3-11(8-15)4-6-18/h7,10-11H,3-6,8-9,15H2,1-2H3,(H,16,17,19). The fourth-order valence-electron chi connectivity index (χ4n) is 2.49. The Morgan fingerprint density at radius 3 is 2.74 bits per heavy atom. The third kappa shape index (κ3) is 3.88. The molecule has 1 fully saturated rings. The number of hydrogen-bond donors (Lipinski definition) is 2. The molecule has 0 saturated carbocycles. The maximum Gasteiger partial charge on any atom is 0.251 e. The molecule has 106 valence electrons. The molecule has 1 aliphatic heterocycles. The average molecular weight is 264 g/mol. The normalized spacial score (nSPS) is 18.1. The molecule has 1 aromatic rings. The molecule has 0 aromatic carbocycles. The van der Waals surface area contributed by atoms with Crippen molar-refractivity contribution in [3.63, 3.8) is 0 Å². The molecular formula is C14H24N4O. The molecule has 0 radical (unpaired) electrons. The molecule has 1 aliphatic rings. The summed E-state index contributed by atoms with van der Waals surface area (Å²) in [7, 11) is 0. The van der Waals surface area contributed by atoms with E-state index < -0.39 is 0 Å². The first-order valence-corrected chi connectivity index (χ1v) is 7.11. The van der Waals surface area contributed by atoms with Gasteiger partial charge in [-0.3, -0.25) is 9.69 Å². The molecule has 0 aliphatic carbocycles. The number of piperidine rings is 1. The first-order valence-electron chi connectivity index (χ1n) is 7.11. The van der Waals surface area contributed by atoms with Crippen LogP contribution in [0.5, 0.6) is 0 Å². The quantitative estimate of drug-likeness (QED) is 0.853. The van der Waals surface area contributed by atoms with Gasteiger partial charge in [0, 0.05) is 18.5 Å². The molecule has 5 heteroatoms. The Labute approximate surface area is 114 Å². The third-order valence-corrected chi connectivity index (χ3v) is 3.79. The molecule has 2 rings (SSSR count). The highest BCUT2D eigenvalue weighted by atomic mass is 16.1. The summed E-state index contributed by atoms with van der Waals surface area (Å²) in [6, 6.07) is 1.61. The maximum atomic E-state index is 11.6. The minimum atomic E-state index is -0.0504. The molecule has 0 unspecified atom stereocenters. The summed E-state index contributed by atoms with van der Waals surface area (Å²) < 4.78 is 0. The Bertz CT molecular complexity index is 461. The van der Waals surface area contributed by atoms with Crippen molar-refractivity contribution in [2.45, 2.75) is 39.2 Å². The molecule has 0 spiro atoms. The Hall–Kier alpha value is -1.20. The number of hydrogen-bond acceptors (Lipinski definition) is 4. The van der Waals surface area contributed by atoms with Crippen LogP contribution in [0, 0.1) is 5.92 Å². The number of aromatic amines is 1. The Balaban J connectivity index is 2.01. The molecule has 1 aromatic heterocycles. The van der Waals surface area contributed by atoms with E-state index in [1.54, 1.807) is 6.07 Å². The summed E-state index contributed by atoms with van der Waals surface area (Å²) in [5, 5.41) is 0. The summed E-state index contributed by atoms with van der Waals surface area (Å²) in [5.41, 5.74) is 6.52. The number of likely N-dealkylation sites (tertiary alicyclic amines) is 1. The molecule has 0 amide bonds. The van der Waals surface area contributed by atoms with Gasteiger partial charge in [-0.2, -0.15) is 0 Å². The zero-order valence-corrected chi connectivity index (χ0v) is 11.9. The summed E-state index contributed by atoms with van der Waals surface area (Å²) in [6.07, 6.45) is 2.30. The second-order valence-corrected chi connectivity index (χ2v) is 5.73. The van der Waals surface area contributed by atoms with Crippen molar-refractivity contribution in [2.75, 3.05) is 19.6 Å². The molecule has 2 heterocycles. The van der Waals surface area contributed by atoms with Crippen LogP contribution in [-0.2, 0) is 6.54 Å². The lowest BCUT2D eigenvalue weighted by Gasteiger charge is -2.31. The summed E-state index contributed by atoms with van der Waals surface area (Å²) >= 11 is 0. The van der Waals surface area contributed by atoms with Gasteiger partial charge in [-0.05, 0) is 38.4 Å². The van der Waals surface area contributed by atoms with E-state index in [-0.39, 0.29) is 11.5 Å². The second-order valence-electron chi connectivity index (χ2n) is 5.73. The van der Waals surface area contributed by atoms with Crippen LogP contribution in [0.4, 0.5) is 0 Å². The van der Waals surface area contributed by atoms with Gasteiger partial charge in [0.05, 0.1) is 5.69 Å². The van der Waals surface area contributed by atoms with Gasteiger partial charge in [-0.15, -0.1) is 0 Å². The number of H-pyrrole nitrogens is 1. The van der Waals surface area contributed by atoms with Crippen LogP contribution in [0.3, 0.4) is 0 Å². The number of aromatic nitrogens is 2. The average Bonchev–Trinajstić information content (AvgIpc) is 2.39. The minimum Gasteiger partial charge on any atom is -0.330 e. The number of nitrogens with two attached hydrogens (primary N) is 1. The van der Waals surface area contributed by atoms with Gasteiger partial charge in [-0.1, -0.05) is 13.8 Å². The zero-order chi connectivity index (χ0) is 13.8. The van der Waals surface area contributed by atoms with Crippen LogP contribution in [0.2, 0.25) is 0 Å². The molecule has 0 bridgehead atoms. The van der Waals surface area contributed by atoms with E-state index in [1.807, 2.05) is 13.8 Å². The van der Waals surface area contributed by atoms with E-state index in [2.05, 4.69) is 14.9 Å². The lowest BCUT2D eigenvalue weighted by atomic mass is 9.97. The third-order valence-electron chi connectivity index (χ3n) is 3.79. The van der Waals surface area contributed by atoms with Crippen LogP contribution in [0.25, 0.3) is 0 Å². The van der Waals surface area contributed by atoms with Crippen molar-refractivity contribution < 1.29 is 0 Å². The van der Waals surface area contributed by atoms with E-state index in [4.69, 9.17) is 5.73 Å². The van der Waals surface area contributed by atoms with Crippen molar-refractivity contribution in [3.05, 3.63) is 27.9 Å². The highest BCUT2D eigenvalue weighted by molar-refractivity contribution is 5.05. The van der Waals surface area contributed by atoms with Gasteiger partial charge < -0.3 is 10.7 Å². The van der Waals surface area contributed by atoms with Crippen LogP contribution in [0.1, 0.15) is 44.1 Å². The molecular weight excluding hydrogens is 240 g/mol. The van der Waals surface area contributed by atoms with Gasteiger partial charge in [0.1, 0.15) is 5.82 Å². The Morgan fingerprint density at radius 2 is 2.16 bits per heavy atom. The highest BCUT2D eigenvalue weighted by Gasteiger charge is 2.18. The number of nitrogens with zero attached hydrogens (tertiary/aromatic N) is 2. The SMILES string of the molecule is CC(C)c1nc(CN2CCC(CN)CC2)cc(=O)[nH]1. The Kier molecular flexibility index (Phi) is 4.71. The lowest BCUT2D eigenvalue weighted by molar-refractivity contribution is 0.178. The number of rotatable bonds is 4. The summed E-state index contributed by atoms with van der Waals surface area (Å²) in [5.74, 6) is 1.68. The number of nitrogens with one attached hydrogen (secondary N) is 1. The van der Waals surface area contributed by atoms with Gasteiger partial charge in [0.2, 0.25) is 0 Å². The smallest absolute Gasteiger partial charge is 0.251 e. The first kappa shape index (κ1) is 14.2. The molecule has 19 heavy (non-hydrogen) atoms. The maximum absolute atomic E-state index is 11.6. The van der Waals surface area contributed by atoms with E-state index in [9.17, 15) is 4.79 Å². The van der Waals surface area contributed by atoms with E-state index in [0.29, 0.717) is 5.92 Å². The van der Waals surface area contributed by atoms with Crippen molar-refractivity contribution in [1.29, 1.82) is 0 Å². The second kappa shape index (κ2) is 6.30. The summed E-state index contributed by atoms with van der Waals surface area (Å²) in [6.45, 7) is 7.72.